The standard InChI is InChI=1S/C19H30N2O3/c1-12(2)17(11-22)21-16-9-6-13-10-14(7-8-15(13)16)20-18(23)24-19(3,4)5/h7-8,10,12,16-17,21-22H,6,9,11H2,1-5H3,(H,20,23). The number of carbonyl (C=O) groups excluding carboxylic acids is 1. The monoisotopic (exact) mass is 334 g/mol. The number of nitrogens with one attached hydrogen (secondary N) is 2. The number of aliphatic hydroxyl groups excluding tert-OH is 1. The van der Waals surface area contributed by atoms with Gasteiger partial charge in [0.15, 0.2) is 0 Å². The van der Waals surface area contributed by atoms with Gasteiger partial charge in [0.2, 0.25) is 0 Å². The van der Waals surface area contributed by atoms with E-state index in [-0.39, 0.29) is 18.7 Å². The number of fused-ring (bicyclic) bond motifs is 1. The summed E-state index contributed by atoms with van der Waals surface area (Å²) in [5, 5.41) is 15.9. The largest absolute Gasteiger partial charge is 0.444 e. The van der Waals surface area contributed by atoms with Gasteiger partial charge in [0.25, 0.3) is 0 Å². The lowest BCUT2D eigenvalue weighted by molar-refractivity contribution is 0.0636. The lowest BCUT2D eigenvalue weighted by Crippen LogP contribution is -2.38. The molecule has 5 nitrogen and oxygen atoms in total. The molecule has 0 aromatic heterocycles. The van der Waals surface area contributed by atoms with E-state index in [1.54, 1.807) is 0 Å². The van der Waals surface area contributed by atoms with Crippen molar-refractivity contribution in [2.75, 3.05) is 11.9 Å². The van der Waals surface area contributed by atoms with Crippen LogP contribution in [0, 0.1) is 5.92 Å². The minimum Gasteiger partial charge on any atom is -0.444 e. The van der Waals surface area contributed by atoms with Crippen LogP contribution in [0.5, 0.6) is 0 Å². The second-order valence-electron chi connectivity index (χ2n) is 7.83. The second kappa shape index (κ2) is 7.53. The molecule has 1 aliphatic rings. The van der Waals surface area contributed by atoms with Gasteiger partial charge >= 0.3 is 6.09 Å². The molecule has 1 aromatic carbocycles. The van der Waals surface area contributed by atoms with Crippen LogP contribution in [0.2, 0.25) is 0 Å². The summed E-state index contributed by atoms with van der Waals surface area (Å²) in [6.07, 6.45) is 1.54. The summed E-state index contributed by atoms with van der Waals surface area (Å²) in [5.41, 5.74) is 2.74. The van der Waals surface area contributed by atoms with Gasteiger partial charge in [-0.3, -0.25) is 5.32 Å². The zero-order chi connectivity index (χ0) is 17.9. The quantitative estimate of drug-likeness (QED) is 0.769. The minimum atomic E-state index is -0.508. The van der Waals surface area contributed by atoms with Gasteiger partial charge in [-0.15, -0.1) is 0 Å². The molecule has 1 aromatic rings. The molecular weight excluding hydrogens is 304 g/mol. The minimum absolute atomic E-state index is 0.0977. The maximum absolute atomic E-state index is 11.9. The molecule has 2 atom stereocenters. The van der Waals surface area contributed by atoms with Gasteiger partial charge in [0.1, 0.15) is 5.60 Å². The molecule has 134 valence electrons. The van der Waals surface area contributed by atoms with Gasteiger partial charge in [-0.2, -0.15) is 0 Å². The van der Waals surface area contributed by atoms with E-state index in [0.717, 1.165) is 18.5 Å². The van der Waals surface area contributed by atoms with Crippen molar-refractivity contribution in [1.82, 2.24) is 5.32 Å². The van der Waals surface area contributed by atoms with Crippen LogP contribution in [0.3, 0.4) is 0 Å². The Morgan fingerprint density at radius 1 is 1.38 bits per heavy atom. The average Bonchev–Trinajstić information content (AvgIpc) is 2.84. The van der Waals surface area contributed by atoms with Crippen molar-refractivity contribution in [3.05, 3.63) is 29.3 Å². The van der Waals surface area contributed by atoms with E-state index in [4.69, 9.17) is 4.74 Å². The Labute approximate surface area is 144 Å². The van der Waals surface area contributed by atoms with E-state index in [9.17, 15) is 9.90 Å². The molecule has 0 aliphatic heterocycles. The number of hydrogen-bond donors (Lipinski definition) is 3. The third-order valence-electron chi connectivity index (χ3n) is 4.28. The third-order valence-corrected chi connectivity index (χ3v) is 4.28. The Bertz CT molecular complexity index is 578. The van der Waals surface area contributed by atoms with Gasteiger partial charge in [0, 0.05) is 17.8 Å². The van der Waals surface area contributed by atoms with Gasteiger partial charge < -0.3 is 15.2 Å². The van der Waals surface area contributed by atoms with Crippen LogP contribution in [0.4, 0.5) is 10.5 Å². The lowest BCUT2D eigenvalue weighted by atomic mass is 10.0. The first-order valence-electron chi connectivity index (χ1n) is 8.69. The third kappa shape index (κ3) is 4.95. The fraction of sp³-hybridized carbons (Fsp3) is 0.632. The average molecular weight is 334 g/mol. The maximum atomic E-state index is 11.9. The molecule has 2 rings (SSSR count). The zero-order valence-electron chi connectivity index (χ0n) is 15.3. The maximum Gasteiger partial charge on any atom is 0.412 e. The molecule has 24 heavy (non-hydrogen) atoms. The molecular formula is C19H30N2O3. The van der Waals surface area contributed by atoms with Crippen molar-refractivity contribution in [2.24, 2.45) is 5.92 Å². The summed E-state index contributed by atoms with van der Waals surface area (Å²) in [6, 6.07) is 6.34. The van der Waals surface area contributed by atoms with Gasteiger partial charge in [-0.1, -0.05) is 19.9 Å². The summed E-state index contributed by atoms with van der Waals surface area (Å²) in [6.45, 7) is 9.89. The first-order valence-corrected chi connectivity index (χ1v) is 8.69. The van der Waals surface area contributed by atoms with Crippen molar-refractivity contribution in [3.8, 4) is 0 Å². The summed E-state index contributed by atoms with van der Waals surface area (Å²) in [4.78, 5) is 11.9. The molecule has 2 unspecified atom stereocenters. The van der Waals surface area contributed by atoms with Gasteiger partial charge in [-0.25, -0.2) is 4.79 Å². The number of carbonyl (C=O) groups is 1. The molecule has 0 saturated carbocycles. The summed E-state index contributed by atoms with van der Waals surface area (Å²) in [7, 11) is 0. The number of ether oxygens (including phenoxy) is 1. The molecule has 0 spiro atoms. The van der Waals surface area contributed by atoms with Crippen molar-refractivity contribution >= 4 is 11.8 Å². The van der Waals surface area contributed by atoms with Crippen molar-refractivity contribution < 1.29 is 14.6 Å². The smallest absolute Gasteiger partial charge is 0.412 e. The first kappa shape index (κ1) is 18.7. The van der Waals surface area contributed by atoms with Crippen molar-refractivity contribution in [1.29, 1.82) is 0 Å². The van der Waals surface area contributed by atoms with E-state index in [1.165, 1.54) is 11.1 Å². The van der Waals surface area contributed by atoms with Crippen molar-refractivity contribution in [2.45, 2.75) is 65.1 Å². The number of anilines is 1. The highest BCUT2D eigenvalue weighted by atomic mass is 16.6. The van der Waals surface area contributed by atoms with Crippen LogP contribution in [-0.2, 0) is 11.2 Å². The SMILES string of the molecule is CC(C)C(CO)NC1CCc2cc(NC(=O)OC(C)(C)C)ccc21. The Morgan fingerprint density at radius 3 is 2.67 bits per heavy atom. The zero-order valence-corrected chi connectivity index (χ0v) is 15.3. The number of benzene rings is 1. The predicted molar refractivity (Wildman–Crippen MR) is 96.2 cm³/mol. The molecule has 0 heterocycles. The van der Waals surface area contributed by atoms with E-state index >= 15 is 0 Å². The van der Waals surface area contributed by atoms with E-state index in [0.29, 0.717) is 5.92 Å². The predicted octanol–water partition coefficient (Wildman–Crippen LogP) is 3.63. The van der Waals surface area contributed by atoms with Crippen LogP contribution in [-0.4, -0.2) is 29.4 Å². The number of amides is 1. The second-order valence-corrected chi connectivity index (χ2v) is 7.83. The topological polar surface area (TPSA) is 70.6 Å². The van der Waals surface area contributed by atoms with Crippen LogP contribution in [0.25, 0.3) is 0 Å². The molecule has 0 radical (unpaired) electrons. The molecule has 5 heteroatoms. The van der Waals surface area contributed by atoms with Gasteiger partial charge in [0.05, 0.1) is 6.61 Å². The van der Waals surface area contributed by atoms with Crippen molar-refractivity contribution in [3.63, 3.8) is 0 Å². The number of hydrogen-bond acceptors (Lipinski definition) is 4. The molecule has 0 fully saturated rings. The Morgan fingerprint density at radius 2 is 2.08 bits per heavy atom. The van der Waals surface area contributed by atoms with Crippen LogP contribution >= 0.6 is 0 Å². The fourth-order valence-corrected chi connectivity index (χ4v) is 3.00. The Hall–Kier alpha value is -1.59. The van der Waals surface area contributed by atoms with Gasteiger partial charge in [-0.05, 0) is 62.8 Å². The Balaban J connectivity index is 2.04. The van der Waals surface area contributed by atoms with E-state index in [1.807, 2.05) is 32.9 Å². The normalized spacial score (nSPS) is 18.4. The number of rotatable bonds is 5. The van der Waals surface area contributed by atoms with Crippen LogP contribution in [0.15, 0.2) is 18.2 Å². The highest BCUT2D eigenvalue weighted by Gasteiger charge is 2.26. The molecule has 1 amide bonds. The fourth-order valence-electron chi connectivity index (χ4n) is 3.00. The van der Waals surface area contributed by atoms with E-state index < -0.39 is 11.7 Å². The highest BCUT2D eigenvalue weighted by Crippen LogP contribution is 2.33. The number of aryl methyl sites for hydroxylation is 1. The highest BCUT2D eigenvalue weighted by molar-refractivity contribution is 5.85. The molecule has 3 N–H and O–H groups in total. The first-order chi connectivity index (χ1) is 11.2. The van der Waals surface area contributed by atoms with Crippen LogP contribution in [0.1, 0.15) is 58.2 Å². The lowest BCUT2D eigenvalue weighted by Gasteiger charge is -2.25. The summed E-state index contributed by atoms with van der Waals surface area (Å²) in [5.74, 6) is 0.382. The number of aliphatic hydroxyl groups is 1. The molecule has 0 bridgehead atoms. The summed E-state index contributed by atoms with van der Waals surface area (Å²) >= 11 is 0. The van der Waals surface area contributed by atoms with Crippen LogP contribution < -0.4 is 10.6 Å². The Kier molecular flexibility index (Phi) is 5.88. The van der Waals surface area contributed by atoms with E-state index in [2.05, 4.69) is 30.5 Å². The summed E-state index contributed by atoms with van der Waals surface area (Å²) < 4.78 is 5.29. The molecule has 0 saturated heterocycles. The molecule has 1 aliphatic carbocycles.